The van der Waals surface area contributed by atoms with E-state index in [0.29, 0.717) is 46.4 Å². The topological polar surface area (TPSA) is 139 Å². The van der Waals surface area contributed by atoms with Gasteiger partial charge in [-0.2, -0.15) is 0 Å². The second kappa shape index (κ2) is 21.4. The molecule has 10 nitrogen and oxygen atoms in total. The van der Waals surface area contributed by atoms with Crippen molar-refractivity contribution in [3.63, 3.8) is 0 Å². The van der Waals surface area contributed by atoms with E-state index in [1.165, 1.54) is 50.5 Å². The molecule has 5 unspecified atom stereocenters. The zero-order valence-electron chi connectivity index (χ0n) is 41.3. The van der Waals surface area contributed by atoms with Crippen molar-refractivity contribution in [3.8, 4) is 0 Å². The second-order valence-electron chi connectivity index (χ2n) is 19.7. The van der Waals surface area contributed by atoms with Crippen molar-refractivity contribution in [1.82, 2.24) is 0 Å². The fourth-order valence-corrected chi connectivity index (χ4v) is 10.6. The van der Waals surface area contributed by atoms with E-state index in [1.54, 1.807) is 13.0 Å². The van der Waals surface area contributed by atoms with Crippen LogP contribution in [0, 0.1) is 29.6 Å². The number of aliphatic imine (C=N–C) groups is 4. The molecule has 6 aliphatic rings. The van der Waals surface area contributed by atoms with Crippen LogP contribution < -0.4 is 0 Å². The van der Waals surface area contributed by atoms with Gasteiger partial charge in [0, 0.05) is 23.8 Å². The summed E-state index contributed by atoms with van der Waals surface area (Å²) in [5, 5.41) is 12.6. The summed E-state index contributed by atoms with van der Waals surface area (Å²) in [7, 11) is 1.12. The molecule has 0 aromatic heterocycles. The number of rotatable bonds is 20. The SMILES string of the molecule is C=CC1=C(C)C2=C(Cl)C3=NC(=C4C5=NC(=CC6=NC(=CC1=N2)C(C)=C6CC)C(C)=C5C(=O)C4(O)C(=O)OC)C(CCC(=O)OCC=C(C)CCCC(C)CCCC(C)CCCC(C)C)C3C. The number of aliphatic hydroxyl groups is 1. The van der Waals surface area contributed by atoms with Gasteiger partial charge in [0.05, 0.1) is 68.9 Å². The molecule has 5 aliphatic heterocycles. The van der Waals surface area contributed by atoms with E-state index >= 15 is 0 Å². The van der Waals surface area contributed by atoms with Crippen molar-refractivity contribution in [2.24, 2.45) is 49.6 Å². The third-order valence-corrected chi connectivity index (χ3v) is 14.8. The molecule has 8 bridgehead atoms. The molecule has 1 N–H and O–H groups in total. The van der Waals surface area contributed by atoms with Gasteiger partial charge in [-0.25, -0.2) is 19.8 Å². The highest BCUT2D eigenvalue weighted by molar-refractivity contribution is 6.47. The van der Waals surface area contributed by atoms with Crippen LogP contribution >= 0.6 is 11.6 Å². The van der Waals surface area contributed by atoms with Crippen molar-refractivity contribution in [2.45, 2.75) is 152 Å². The molecule has 0 aromatic carbocycles. The van der Waals surface area contributed by atoms with Crippen LogP contribution in [0.2, 0.25) is 0 Å². The number of allylic oxidation sites excluding steroid dienone is 11. The Morgan fingerprint density at radius 2 is 1.53 bits per heavy atom. The zero-order chi connectivity index (χ0) is 48.2. The molecule has 5 heterocycles. The molecular weight excluding hydrogens is 848 g/mol. The molecule has 66 heavy (non-hydrogen) atoms. The number of carbonyl (C=O) groups is 3. The zero-order valence-corrected chi connectivity index (χ0v) is 42.0. The molecule has 1 saturated carbocycles. The van der Waals surface area contributed by atoms with Crippen molar-refractivity contribution >= 4 is 52.2 Å². The van der Waals surface area contributed by atoms with Crippen molar-refractivity contribution in [1.29, 1.82) is 0 Å². The lowest BCUT2D eigenvalue weighted by Crippen LogP contribution is -2.46. The number of nitrogens with zero attached hydrogens (tertiary/aromatic N) is 4. The van der Waals surface area contributed by atoms with Crippen molar-refractivity contribution in [3.05, 3.63) is 103 Å². The van der Waals surface area contributed by atoms with Crippen LogP contribution in [0.4, 0.5) is 0 Å². The number of ether oxygens (including phenoxy) is 2. The summed E-state index contributed by atoms with van der Waals surface area (Å²) in [6.07, 6.45) is 19.5. The molecular formula is C55H71ClN4O6. The third kappa shape index (κ3) is 10.2. The third-order valence-electron chi connectivity index (χ3n) is 14.4. The lowest BCUT2D eigenvalue weighted by molar-refractivity contribution is -0.161. The second-order valence-corrected chi connectivity index (χ2v) is 20.1. The number of ketones is 1. The number of carbonyl (C=O) groups excluding carboxylic acids is 3. The number of esters is 2. The predicted octanol–water partition coefficient (Wildman–Crippen LogP) is 12.3. The van der Waals surface area contributed by atoms with Gasteiger partial charge >= 0.3 is 11.9 Å². The van der Waals surface area contributed by atoms with Crippen molar-refractivity contribution < 1.29 is 29.0 Å². The van der Waals surface area contributed by atoms with Crippen LogP contribution in [0.1, 0.15) is 146 Å². The molecule has 0 saturated heterocycles. The lowest BCUT2D eigenvalue weighted by Gasteiger charge is -2.24. The quantitative estimate of drug-likeness (QED) is 0.0733. The number of Topliss-reactive ketones (excluding diaryl/α,β-unsaturated/α-hetero) is 1. The smallest absolute Gasteiger partial charge is 0.351 e. The van der Waals surface area contributed by atoms with Crippen LogP contribution in [0.25, 0.3) is 0 Å². The van der Waals surface area contributed by atoms with E-state index < -0.39 is 35.2 Å². The maximum atomic E-state index is 14.5. The maximum Gasteiger partial charge on any atom is 0.351 e. The Morgan fingerprint density at radius 3 is 2.17 bits per heavy atom. The molecule has 0 spiro atoms. The first-order chi connectivity index (χ1) is 31.4. The molecule has 1 aliphatic carbocycles. The molecule has 5 atom stereocenters. The first-order valence-electron chi connectivity index (χ1n) is 24.2. The molecule has 1 fully saturated rings. The standard InChI is InChI=1S/C55H71ClN4O6/c1-13-38-34(8)41-28-44-39(14-2)35(9)49(59-44)48(56)50-36(10)40(24-25-45(61)66-27-26-33(7)23-17-22-32(6)21-16-20-31(5)19-15-18-30(3)4)51(60-50)47-52-46(53(62)55(47,64)54(63)65-12)37(11)42(58-52)29-43(38)57-41/h14,26,28-32,36,40,64H,2,13,15-25,27H2,1,3-12H3. The summed E-state index contributed by atoms with van der Waals surface area (Å²) in [5.74, 6) is -1.16. The first-order valence-corrected chi connectivity index (χ1v) is 24.6. The number of hydrogen-bond donors (Lipinski definition) is 1. The fourth-order valence-electron chi connectivity index (χ4n) is 10.2. The summed E-state index contributed by atoms with van der Waals surface area (Å²) < 4.78 is 10.9. The molecule has 11 heteroatoms. The van der Waals surface area contributed by atoms with Gasteiger partial charge in [0.15, 0.2) is 0 Å². The van der Waals surface area contributed by atoms with Gasteiger partial charge in [-0.15, -0.1) is 0 Å². The number of halogens is 1. The van der Waals surface area contributed by atoms with E-state index in [-0.39, 0.29) is 47.0 Å². The van der Waals surface area contributed by atoms with E-state index in [0.717, 1.165) is 59.8 Å². The van der Waals surface area contributed by atoms with Gasteiger partial charge < -0.3 is 14.6 Å². The Labute approximate surface area is 398 Å². The Hall–Kier alpha value is -4.80. The summed E-state index contributed by atoms with van der Waals surface area (Å²) >= 11 is 7.35. The van der Waals surface area contributed by atoms with Crippen LogP contribution in [-0.2, 0) is 23.9 Å². The van der Waals surface area contributed by atoms with E-state index in [4.69, 9.17) is 41.0 Å². The molecule has 6 rings (SSSR count). The van der Waals surface area contributed by atoms with Gasteiger partial charge in [-0.05, 0) is 112 Å². The maximum absolute atomic E-state index is 14.5. The monoisotopic (exact) mass is 919 g/mol. The van der Waals surface area contributed by atoms with E-state index in [2.05, 4.69) is 48.1 Å². The highest BCUT2D eigenvalue weighted by Gasteiger charge is 2.62. The molecule has 354 valence electrons. The lowest BCUT2D eigenvalue weighted by atomic mass is 9.82. The normalized spacial score (nSPS) is 23.7. The van der Waals surface area contributed by atoms with Gasteiger partial charge in [0.25, 0.3) is 5.60 Å². The van der Waals surface area contributed by atoms with Crippen LogP contribution in [0.3, 0.4) is 0 Å². The van der Waals surface area contributed by atoms with Crippen LogP contribution in [0.15, 0.2) is 123 Å². The molecule has 0 amide bonds. The Morgan fingerprint density at radius 1 is 0.894 bits per heavy atom. The minimum atomic E-state index is -2.74. The Bertz CT molecular complexity index is 2440. The predicted molar refractivity (Wildman–Crippen MR) is 268 cm³/mol. The Balaban J connectivity index is 1.25. The van der Waals surface area contributed by atoms with Crippen LogP contribution in [-0.4, -0.2) is 65.0 Å². The first kappa shape index (κ1) is 50.6. The average molecular weight is 920 g/mol. The highest BCUT2D eigenvalue weighted by Crippen LogP contribution is 2.50. The molecule has 0 aromatic rings. The minimum absolute atomic E-state index is 0.00813. The summed E-state index contributed by atoms with van der Waals surface area (Å²) in [5.41, 5.74) is 6.44. The summed E-state index contributed by atoms with van der Waals surface area (Å²) in [4.78, 5) is 61.7. The average Bonchev–Trinajstić information content (AvgIpc) is 4.01. The highest BCUT2D eigenvalue weighted by atomic mass is 35.5. The van der Waals surface area contributed by atoms with E-state index in [1.807, 2.05) is 39.0 Å². The van der Waals surface area contributed by atoms with Crippen molar-refractivity contribution in [2.75, 3.05) is 13.7 Å². The number of hydrogen-bond acceptors (Lipinski definition) is 10. The minimum Gasteiger partial charge on any atom is -0.466 e. The summed E-state index contributed by atoms with van der Waals surface area (Å²) in [6.45, 7) is 25.4. The van der Waals surface area contributed by atoms with Gasteiger partial charge in [0.2, 0.25) is 5.78 Å². The van der Waals surface area contributed by atoms with Gasteiger partial charge in [0.1, 0.15) is 6.61 Å². The number of methoxy groups -OCH3 is 1. The fraction of sp³-hybridized carbons (Fsp3) is 0.545. The van der Waals surface area contributed by atoms with Gasteiger partial charge in [-0.1, -0.05) is 116 Å². The van der Waals surface area contributed by atoms with Gasteiger partial charge in [-0.3, -0.25) is 14.6 Å². The van der Waals surface area contributed by atoms with Crippen LogP contribution in [0.5, 0.6) is 0 Å². The Kier molecular flexibility index (Phi) is 16.4. The number of fused-ring (bicyclic) bond motifs is 4. The molecule has 0 radical (unpaired) electrons. The summed E-state index contributed by atoms with van der Waals surface area (Å²) in [6, 6.07) is 0. The largest absolute Gasteiger partial charge is 0.466 e. The van der Waals surface area contributed by atoms with E-state index in [9.17, 15) is 19.5 Å².